The van der Waals surface area contributed by atoms with Crippen LogP contribution in [0.15, 0.2) is 34.9 Å². The number of nitrogens with one attached hydrogen (secondary N) is 1. The van der Waals surface area contributed by atoms with Crippen LogP contribution in [0, 0.1) is 12.3 Å². The van der Waals surface area contributed by atoms with Crippen molar-refractivity contribution in [1.29, 1.82) is 0 Å². The van der Waals surface area contributed by atoms with Gasteiger partial charge in [-0.1, -0.05) is 35.0 Å². The second kappa shape index (κ2) is 7.94. The third-order valence-corrected chi connectivity index (χ3v) is 5.26. The van der Waals surface area contributed by atoms with E-state index in [4.69, 9.17) is 4.52 Å². The van der Waals surface area contributed by atoms with Gasteiger partial charge in [0.2, 0.25) is 11.8 Å². The van der Waals surface area contributed by atoms with Gasteiger partial charge >= 0.3 is 0 Å². The summed E-state index contributed by atoms with van der Waals surface area (Å²) in [5.41, 5.74) is 2.25. The van der Waals surface area contributed by atoms with Gasteiger partial charge in [-0.25, -0.2) is 0 Å². The molecule has 0 spiro atoms. The first-order valence-electron chi connectivity index (χ1n) is 9.50. The van der Waals surface area contributed by atoms with E-state index in [2.05, 4.69) is 10.5 Å². The molecular weight excluding hydrogens is 342 g/mol. The molecule has 0 saturated carbocycles. The average molecular weight is 369 g/mol. The number of hydrogen-bond acceptors (Lipinski definition) is 4. The fourth-order valence-electron chi connectivity index (χ4n) is 3.75. The van der Waals surface area contributed by atoms with Gasteiger partial charge in [0.15, 0.2) is 0 Å². The molecule has 1 aromatic heterocycles. The van der Waals surface area contributed by atoms with E-state index in [1.165, 1.54) is 5.56 Å². The van der Waals surface area contributed by atoms with Crippen LogP contribution in [0.2, 0.25) is 0 Å². The van der Waals surface area contributed by atoms with Crippen LogP contribution >= 0.6 is 0 Å². The number of likely N-dealkylation sites (tertiary alicyclic amines) is 1. The lowest BCUT2D eigenvalue weighted by atomic mass is 9.75. The molecule has 27 heavy (non-hydrogen) atoms. The van der Waals surface area contributed by atoms with Crippen molar-refractivity contribution < 1.29 is 14.1 Å². The summed E-state index contributed by atoms with van der Waals surface area (Å²) in [7, 11) is 0. The molecule has 1 saturated heterocycles. The first kappa shape index (κ1) is 19.1. The van der Waals surface area contributed by atoms with Gasteiger partial charge in [0.1, 0.15) is 11.5 Å². The van der Waals surface area contributed by atoms with Crippen molar-refractivity contribution in [3.63, 3.8) is 0 Å². The highest BCUT2D eigenvalue weighted by Crippen LogP contribution is 2.35. The summed E-state index contributed by atoms with van der Waals surface area (Å²) < 4.78 is 5.57. The quantitative estimate of drug-likeness (QED) is 0.879. The highest BCUT2D eigenvalue weighted by molar-refractivity contribution is 5.84. The van der Waals surface area contributed by atoms with Crippen LogP contribution < -0.4 is 5.32 Å². The molecule has 3 rings (SSSR count). The fourth-order valence-corrected chi connectivity index (χ4v) is 3.75. The molecule has 1 aromatic carbocycles. The maximum absolute atomic E-state index is 12.9. The van der Waals surface area contributed by atoms with Crippen molar-refractivity contribution in [2.24, 2.45) is 5.41 Å². The van der Waals surface area contributed by atoms with Crippen molar-refractivity contribution in [1.82, 2.24) is 15.4 Å². The molecule has 2 heterocycles. The molecule has 1 N–H and O–H groups in total. The summed E-state index contributed by atoms with van der Waals surface area (Å²) in [6, 6.07) is 9.99. The minimum Gasteiger partial charge on any atom is -0.361 e. The van der Waals surface area contributed by atoms with Gasteiger partial charge in [-0.15, -0.1) is 0 Å². The zero-order valence-corrected chi connectivity index (χ0v) is 16.2. The highest BCUT2D eigenvalue weighted by atomic mass is 16.5. The van der Waals surface area contributed by atoms with Crippen molar-refractivity contribution in [3.8, 4) is 11.3 Å². The Balaban J connectivity index is 1.85. The molecule has 1 unspecified atom stereocenters. The molecule has 0 radical (unpaired) electrons. The predicted octanol–water partition coefficient (Wildman–Crippen LogP) is 2.96. The summed E-state index contributed by atoms with van der Waals surface area (Å²) in [5, 5.41) is 7.13. The number of amides is 2. The highest BCUT2D eigenvalue weighted by Gasteiger charge is 2.43. The summed E-state index contributed by atoms with van der Waals surface area (Å²) >= 11 is 0. The molecule has 2 amide bonds. The largest absolute Gasteiger partial charge is 0.361 e. The van der Waals surface area contributed by atoms with Crippen molar-refractivity contribution in [2.75, 3.05) is 19.6 Å². The van der Waals surface area contributed by atoms with Crippen molar-refractivity contribution >= 4 is 11.8 Å². The van der Waals surface area contributed by atoms with E-state index in [1.54, 1.807) is 11.8 Å². The van der Waals surface area contributed by atoms with Gasteiger partial charge in [0.05, 0.1) is 5.41 Å². The number of rotatable bonds is 5. The molecule has 2 aromatic rings. The first-order valence-corrected chi connectivity index (χ1v) is 9.50. The van der Waals surface area contributed by atoms with E-state index in [1.807, 2.05) is 44.2 Å². The maximum Gasteiger partial charge on any atom is 0.228 e. The average Bonchev–Trinajstić information content (AvgIpc) is 3.11. The lowest BCUT2D eigenvalue weighted by Crippen LogP contribution is -2.54. The minimum atomic E-state index is -0.677. The Morgan fingerprint density at radius 1 is 1.30 bits per heavy atom. The van der Waals surface area contributed by atoms with E-state index in [0.29, 0.717) is 31.8 Å². The Hall–Kier alpha value is -2.63. The van der Waals surface area contributed by atoms with Gasteiger partial charge in [-0.2, -0.15) is 0 Å². The molecule has 1 aliphatic rings. The molecule has 1 atom stereocenters. The van der Waals surface area contributed by atoms with Gasteiger partial charge in [0.25, 0.3) is 0 Å². The summed E-state index contributed by atoms with van der Waals surface area (Å²) in [4.78, 5) is 26.6. The van der Waals surface area contributed by atoms with Gasteiger partial charge in [-0.3, -0.25) is 9.59 Å². The second-order valence-electron chi connectivity index (χ2n) is 7.41. The molecule has 0 bridgehead atoms. The fraction of sp³-hybridized carbons (Fsp3) is 0.476. The monoisotopic (exact) mass is 369 g/mol. The van der Waals surface area contributed by atoms with E-state index in [9.17, 15) is 9.59 Å². The Kier molecular flexibility index (Phi) is 5.63. The molecule has 1 aliphatic heterocycles. The summed E-state index contributed by atoms with van der Waals surface area (Å²) in [5.74, 6) is 0.646. The molecule has 6 nitrogen and oxygen atoms in total. The predicted molar refractivity (Wildman–Crippen MR) is 103 cm³/mol. The number of piperidine rings is 1. The number of carbonyl (C=O) groups is 2. The third kappa shape index (κ3) is 4.21. The standard InChI is InChI=1S/C21H27N3O3/c1-4-22-20(26)21(10-5-11-24(14-21)16(3)25)13-18-12-19(23-27-18)17-8-6-15(2)7-9-17/h6-9,12H,4-5,10-11,13-14H2,1-3H3,(H,22,26). The number of nitrogens with zero attached hydrogens (tertiary/aromatic N) is 2. The number of benzene rings is 1. The maximum atomic E-state index is 12.9. The Bertz CT molecular complexity index is 812. The topological polar surface area (TPSA) is 75.4 Å². The molecule has 144 valence electrons. The first-order chi connectivity index (χ1) is 12.9. The van der Waals surface area contributed by atoms with Crippen molar-refractivity contribution in [2.45, 2.75) is 40.0 Å². The van der Waals surface area contributed by atoms with Crippen LogP contribution in [-0.2, 0) is 16.0 Å². The number of carbonyl (C=O) groups excluding carboxylic acids is 2. The number of aromatic nitrogens is 1. The smallest absolute Gasteiger partial charge is 0.228 e. The second-order valence-corrected chi connectivity index (χ2v) is 7.41. The normalized spacial score (nSPS) is 19.7. The van der Waals surface area contributed by atoms with Crippen LogP contribution in [0.25, 0.3) is 11.3 Å². The third-order valence-electron chi connectivity index (χ3n) is 5.26. The minimum absolute atomic E-state index is 0.00119. The van der Waals surface area contributed by atoms with Gasteiger partial charge in [-0.05, 0) is 26.7 Å². The van der Waals surface area contributed by atoms with Crippen LogP contribution in [0.3, 0.4) is 0 Å². The summed E-state index contributed by atoms with van der Waals surface area (Å²) in [6.07, 6.45) is 1.96. The van der Waals surface area contributed by atoms with Gasteiger partial charge < -0.3 is 14.7 Å². The van der Waals surface area contributed by atoms with Crippen molar-refractivity contribution in [3.05, 3.63) is 41.7 Å². The van der Waals surface area contributed by atoms with Crippen LogP contribution in [0.5, 0.6) is 0 Å². The lowest BCUT2D eigenvalue weighted by Gasteiger charge is -2.40. The zero-order chi connectivity index (χ0) is 19.4. The molecule has 6 heteroatoms. The number of hydrogen-bond donors (Lipinski definition) is 1. The lowest BCUT2D eigenvalue weighted by molar-refractivity contribution is -0.140. The Morgan fingerprint density at radius 3 is 2.70 bits per heavy atom. The summed E-state index contributed by atoms with van der Waals surface area (Å²) in [6.45, 7) is 7.17. The van der Waals surface area contributed by atoms with E-state index in [-0.39, 0.29) is 11.8 Å². The molecule has 0 aliphatic carbocycles. The molecular formula is C21H27N3O3. The molecule has 1 fully saturated rings. The SMILES string of the molecule is CCNC(=O)C1(Cc2cc(-c3ccc(C)cc3)no2)CCCN(C(C)=O)C1. The van der Waals surface area contributed by atoms with Crippen LogP contribution in [0.4, 0.5) is 0 Å². The number of aryl methyl sites for hydroxylation is 1. The Labute approximate surface area is 159 Å². The van der Waals surface area contributed by atoms with E-state index in [0.717, 1.165) is 24.1 Å². The zero-order valence-electron chi connectivity index (χ0n) is 16.2. The van der Waals surface area contributed by atoms with E-state index >= 15 is 0 Å². The van der Waals surface area contributed by atoms with Crippen LogP contribution in [0.1, 0.15) is 38.0 Å². The van der Waals surface area contributed by atoms with E-state index < -0.39 is 5.41 Å². The van der Waals surface area contributed by atoms with Gasteiger partial charge in [0, 0.05) is 44.6 Å². The Morgan fingerprint density at radius 2 is 2.04 bits per heavy atom. The van der Waals surface area contributed by atoms with Crippen LogP contribution in [-0.4, -0.2) is 41.5 Å².